The molecule has 0 unspecified atom stereocenters. The number of rotatable bonds is 13. The molecule has 0 aliphatic heterocycles. The van der Waals surface area contributed by atoms with Crippen LogP contribution in [0, 0.1) is 23.7 Å². The normalized spacial score (nSPS) is 18.0. The molecule has 0 aromatic carbocycles. The second-order valence-corrected chi connectivity index (χ2v) is 13.0. The number of nitrogens with one attached hydrogen (secondary N) is 2. The second kappa shape index (κ2) is 11.5. The molecule has 222 valence electrons. The maximum atomic E-state index is 13.7. The Morgan fingerprint density at radius 1 is 1.24 bits per heavy atom. The molecule has 3 aromatic rings. The zero-order chi connectivity index (χ0) is 29.5. The first-order valence-corrected chi connectivity index (χ1v) is 15.7. The second-order valence-electron chi connectivity index (χ2n) is 11.8. The number of nitrogens with zero attached hydrogens (tertiary/aromatic N) is 4. The number of ketones is 2. The van der Waals surface area contributed by atoms with E-state index in [0.29, 0.717) is 42.5 Å². The molecular weight excluding hydrogens is 556 g/mol. The number of thiophene rings is 1. The van der Waals surface area contributed by atoms with Gasteiger partial charge in [-0.2, -0.15) is 4.68 Å². The van der Waals surface area contributed by atoms with Crippen LogP contribution < -0.4 is 10.00 Å². The summed E-state index contributed by atoms with van der Waals surface area (Å²) in [6.07, 6.45) is 9.79. The molecule has 0 spiro atoms. The molecule has 2 saturated carbocycles. The summed E-state index contributed by atoms with van der Waals surface area (Å²) in [6.45, 7) is 3.68. The third-order valence-corrected chi connectivity index (χ3v) is 9.96. The van der Waals surface area contributed by atoms with E-state index in [-0.39, 0.29) is 41.5 Å². The highest BCUT2D eigenvalue weighted by atomic mass is 32.1. The van der Waals surface area contributed by atoms with Gasteiger partial charge in [0.05, 0.1) is 18.6 Å². The minimum Gasteiger partial charge on any atom is -0.461 e. The summed E-state index contributed by atoms with van der Waals surface area (Å²) in [5.41, 5.74) is 2.69. The van der Waals surface area contributed by atoms with Crippen LogP contribution in [-0.2, 0) is 35.8 Å². The third kappa shape index (κ3) is 5.56. The number of imidazole rings is 1. The van der Waals surface area contributed by atoms with Gasteiger partial charge in [0, 0.05) is 40.1 Å². The molecule has 3 aliphatic carbocycles. The van der Waals surface area contributed by atoms with Gasteiger partial charge in [-0.25, -0.2) is 20.2 Å². The number of ether oxygens (including phenoxy) is 1. The number of aromatic amines is 1. The van der Waals surface area contributed by atoms with Gasteiger partial charge in [-0.15, -0.1) is 16.2 Å². The summed E-state index contributed by atoms with van der Waals surface area (Å²) in [5, 5.41) is 9.49. The van der Waals surface area contributed by atoms with Crippen molar-refractivity contribution in [2.24, 2.45) is 24.1 Å². The SMILES string of the molecule is CCOC(=O)c1ncn([C@H]2CCc3sc(CC(=O)C4CC4)c(C(=O)CCC4CC4)c3C2)c1Nc1c(N=O)c(C)[nH][n+]1C. The summed E-state index contributed by atoms with van der Waals surface area (Å²) >= 11 is 1.63. The fourth-order valence-corrected chi connectivity index (χ4v) is 7.44. The van der Waals surface area contributed by atoms with E-state index in [1.165, 1.54) is 17.7 Å². The average Bonchev–Trinajstić information content (AvgIpc) is 3.89. The van der Waals surface area contributed by atoms with Crippen molar-refractivity contribution < 1.29 is 23.8 Å². The summed E-state index contributed by atoms with van der Waals surface area (Å²) < 4.78 is 8.84. The quantitative estimate of drug-likeness (QED) is 0.118. The Morgan fingerprint density at radius 3 is 2.71 bits per heavy atom. The van der Waals surface area contributed by atoms with Crippen LogP contribution in [0.4, 0.5) is 17.3 Å². The monoisotopic (exact) mass is 593 g/mol. The summed E-state index contributed by atoms with van der Waals surface area (Å²) in [6, 6.07) is -0.106. The highest BCUT2D eigenvalue weighted by molar-refractivity contribution is 7.12. The standard InChI is InChI=1S/C30H36N6O5S/c1-4-41-30(39)27-29(32-28-26(34-40)16(2)33-35(28)3)36(15-31-27)19-10-12-23-20(13-19)25(21(37)11-7-17-5-6-17)24(42-23)14-22(38)18-8-9-18/h15,17-19H,4-14H2,1-3H3,(H,32,33,39,40)/p+1/t19-/m0/s1. The Hall–Kier alpha value is -3.67. The number of carbonyl (C=O) groups excluding carboxylic acids is 3. The Kier molecular flexibility index (Phi) is 7.82. The van der Waals surface area contributed by atoms with Crippen LogP contribution in [0.2, 0.25) is 0 Å². The number of fused-ring (bicyclic) bond motifs is 1. The molecule has 11 nitrogen and oxygen atoms in total. The highest BCUT2D eigenvalue weighted by Crippen LogP contribution is 2.43. The van der Waals surface area contributed by atoms with Gasteiger partial charge in [0.25, 0.3) is 0 Å². The zero-order valence-electron chi connectivity index (χ0n) is 24.3. The molecule has 1 atom stereocenters. The maximum Gasteiger partial charge on any atom is 0.363 e. The van der Waals surface area contributed by atoms with Crippen molar-refractivity contribution in [3.8, 4) is 0 Å². The first kappa shape index (κ1) is 28.4. The molecule has 42 heavy (non-hydrogen) atoms. The number of hydrogen-bond acceptors (Lipinski definition) is 9. The molecule has 0 radical (unpaired) electrons. The minimum absolute atomic E-state index is 0.106. The predicted molar refractivity (Wildman–Crippen MR) is 157 cm³/mol. The van der Waals surface area contributed by atoms with E-state index in [1.54, 1.807) is 43.2 Å². The van der Waals surface area contributed by atoms with E-state index >= 15 is 0 Å². The molecule has 2 fully saturated rings. The van der Waals surface area contributed by atoms with Crippen molar-refractivity contribution in [1.29, 1.82) is 0 Å². The van der Waals surface area contributed by atoms with Crippen LogP contribution in [0.3, 0.4) is 0 Å². The van der Waals surface area contributed by atoms with Crippen LogP contribution in [0.5, 0.6) is 0 Å². The fraction of sp³-hybridized carbons (Fsp3) is 0.567. The van der Waals surface area contributed by atoms with Gasteiger partial charge in [-0.05, 0) is 69.0 Å². The summed E-state index contributed by atoms with van der Waals surface area (Å²) in [5.74, 6) is 1.43. The number of Topliss-reactive ketones (excluding diaryl/α,β-unsaturated/α-hetero) is 2. The van der Waals surface area contributed by atoms with Gasteiger partial charge in [0.1, 0.15) is 12.8 Å². The summed E-state index contributed by atoms with van der Waals surface area (Å²) in [4.78, 5) is 57.6. The molecule has 12 heteroatoms. The molecule has 3 aromatic heterocycles. The molecule has 0 amide bonds. The van der Waals surface area contributed by atoms with Gasteiger partial charge < -0.3 is 4.74 Å². The Morgan fingerprint density at radius 2 is 2.02 bits per heavy atom. The highest BCUT2D eigenvalue weighted by Gasteiger charge is 2.37. The van der Waals surface area contributed by atoms with Crippen molar-refractivity contribution in [3.05, 3.63) is 43.5 Å². The van der Waals surface area contributed by atoms with Crippen molar-refractivity contribution in [3.63, 3.8) is 0 Å². The number of H-pyrrole nitrogens is 1. The lowest BCUT2D eigenvalue weighted by molar-refractivity contribution is -0.713. The van der Waals surface area contributed by atoms with Crippen LogP contribution in [-0.4, -0.2) is 38.8 Å². The largest absolute Gasteiger partial charge is 0.461 e. The van der Waals surface area contributed by atoms with Gasteiger partial charge in [0.2, 0.25) is 17.2 Å². The van der Waals surface area contributed by atoms with Crippen molar-refractivity contribution in [2.45, 2.75) is 84.1 Å². The van der Waals surface area contributed by atoms with Crippen LogP contribution in [0.15, 0.2) is 11.5 Å². The molecule has 3 aliphatic rings. The van der Waals surface area contributed by atoms with E-state index in [2.05, 4.69) is 20.6 Å². The molecule has 3 heterocycles. The molecule has 0 bridgehead atoms. The van der Waals surface area contributed by atoms with E-state index in [4.69, 9.17) is 4.74 Å². The number of aromatic nitrogens is 4. The van der Waals surface area contributed by atoms with Crippen molar-refractivity contribution >= 4 is 46.2 Å². The molecular formula is C30H37N6O5S+. The summed E-state index contributed by atoms with van der Waals surface area (Å²) in [7, 11) is 1.75. The molecule has 6 rings (SSSR count). The number of hydrogen-bond donors (Lipinski definition) is 2. The number of esters is 1. The van der Waals surface area contributed by atoms with Crippen LogP contribution >= 0.6 is 11.3 Å². The predicted octanol–water partition coefficient (Wildman–Crippen LogP) is 5.35. The van der Waals surface area contributed by atoms with Gasteiger partial charge >= 0.3 is 11.8 Å². The molecule has 2 N–H and O–H groups in total. The van der Waals surface area contributed by atoms with Gasteiger partial charge in [-0.1, -0.05) is 12.8 Å². The number of carbonyl (C=O) groups is 3. The fourth-order valence-electron chi connectivity index (χ4n) is 6.06. The van der Waals surface area contributed by atoms with Gasteiger partial charge in [-0.3, -0.25) is 14.2 Å². The zero-order valence-corrected chi connectivity index (χ0v) is 25.1. The van der Waals surface area contributed by atoms with E-state index in [1.807, 2.05) is 4.57 Å². The lowest BCUT2D eigenvalue weighted by Gasteiger charge is -2.25. The van der Waals surface area contributed by atoms with E-state index in [0.717, 1.165) is 48.1 Å². The van der Waals surface area contributed by atoms with Gasteiger partial charge in [0.15, 0.2) is 5.78 Å². The first-order valence-electron chi connectivity index (χ1n) is 14.9. The minimum atomic E-state index is -0.571. The van der Waals surface area contributed by atoms with Crippen molar-refractivity contribution in [1.82, 2.24) is 14.6 Å². The van der Waals surface area contributed by atoms with Crippen LogP contribution in [0.1, 0.15) is 99.8 Å². The maximum absolute atomic E-state index is 13.7. The van der Waals surface area contributed by atoms with Crippen LogP contribution in [0.25, 0.3) is 0 Å². The lowest BCUT2D eigenvalue weighted by atomic mass is 9.87. The topological polar surface area (TPSA) is 139 Å². The average molecular weight is 594 g/mol. The Labute approximate surface area is 248 Å². The third-order valence-electron chi connectivity index (χ3n) is 8.67. The number of anilines is 2. The first-order chi connectivity index (χ1) is 20.3. The lowest BCUT2D eigenvalue weighted by Crippen LogP contribution is -2.33. The Balaban J connectivity index is 1.35. The smallest absolute Gasteiger partial charge is 0.363 e. The number of aryl methyl sites for hydroxylation is 3. The Bertz CT molecular complexity index is 1560. The van der Waals surface area contributed by atoms with Crippen molar-refractivity contribution in [2.75, 3.05) is 11.9 Å². The van der Waals surface area contributed by atoms with E-state index < -0.39 is 5.97 Å². The van der Waals surface area contributed by atoms with E-state index in [9.17, 15) is 19.3 Å². The number of nitroso groups, excluding NO2 is 1. The molecule has 0 saturated heterocycles.